The Bertz CT molecular complexity index is 1730. The van der Waals surface area contributed by atoms with E-state index in [0.29, 0.717) is 0 Å². The number of allylic oxidation sites excluding steroid dienone is 1. The normalized spacial score (nSPS) is 12.3. The lowest BCUT2D eigenvalue weighted by Crippen LogP contribution is -1.84. The van der Waals surface area contributed by atoms with Crippen molar-refractivity contribution in [3.05, 3.63) is 119 Å². The molecule has 0 saturated carbocycles. The van der Waals surface area contributed by atoms with Crippen molar-refractivity contribution in [3.63, 3.8) is 0 Å². The van der Waals surface area contributed by atoms with Crippen LogP contribution in [0.15, 0.2) is 97.1 Å². The number of hydrogen-bond donors (Lipinski definition) is 0. The van der Waals surface area contributed by atoms with E-state index in [2.05, 4.69) is 124 Å². The number of fused-ring (bicyclic) bond motifs is 4. The topological polar surface area (TPSA) is 0 Å². The number of aryl methyl sites for hydroxylation is 2. The zero-order valence-electron chi connectivity index (χ0n) is 19.3. The molecule has 0 amide bonds. The van der Waals surface area contributed by atoms with Gasteiger partial charge in [-0.2, -0.15) is 0 Å². The maximum atomic E-state index is 2.32. The smallest absolute Gasteiger partial charge is 0.0172 e. The lowest BCUT2D eigenvalue weighted by atomic mass is 9.96. The highest BCUT2D eigenvalue weighted by Crippen LogP contribution is 2.29. The van der Waals surface area contributed by atoms with Crippen LogP contribution in [0, 0.1) is 13.8 Å². The molecule has 6 rings (SSSR count). The molecule has 0 nitrogen and oxygen atoms in total. The summed E-state index contributed by atoms with van der Waals surface area (Å²) >= 11 is 0. The van der Waals surface area contributed by atoms with E-state index in [1.54, 1.807) is 0 Å². The summed E-state index contributed by atoms with van der Waals surface area (Å²) in [7, 11) is 0. The summed E-state index contributed by atoms with van der Waals surface area (Å²) in [6.07, 6.45) is 2.30. The van der Waals surface area contributed by atoms with Gasteiger partial charge in [-0.1, -0.05) is 77.9 Å². The van der Waals surface area contributed by atoms with E-state index >= 15 is 0 Å². The number of rotatable bonds is 2. The largest absolute Gasteiger partial charge is 0.0587 e. The Balaban J connectivity index is 1.41. The van der Waals surface area contributed by atoms with Gasteiger partial charge in [-0.3, -0.25) is 0 Å². The molecule has 0 aliphatic carbocycles. The molecule has 6 aromatic rings. The fourth-order valence-corrected chi connectivity index (χ4v) is 4.92. The average molecular weight is 423 g/mol. The SMILES string of the molecule is C/C(=C/c1ccc2cc3ccc(C)cc3cc2c1)c1ccc2cc3ccc(C)cc3cc2c1. The fourth-order valence-electron chi connectivity index (χ4n) is 4.92. The first-order chi connectivity index (χ1) is 16.0. The second-order valence-corrected chi connectivity index (χ2v) is 9.40. The molecule has 0 N–H and O–H groups in total. The van der Waals surface area contributed by atoms with Gasteiger partial charge >= 0.3 is 0 Å². The van der Waals surface area contributed by atoms with Crippen molar-refractivity contribution in [1.82, 2.24) is 0 Å². The summed E-state index contributed by atoms with van der Waals surface area (Å²) in [5.41, 5.74) is 6.38. The van der Waals surface area contributed by atoms with Crippen LogP contribution in [-0.4, -0.2) is 0 Å². The Labute approximate surface area is 194 Å². The van der Waals surface area contributed by atoms with Gasteiger partial charge in [0.1, 0.15) is 0 Å². The minimum Gasteiger partial charge on any atom is -0.0587 e. The maximum absolute atomic E-state index is 2.32. The van der Waals surface area contributed by atoms with Crippen LogP contribution in [0.4, 0.5) is 0 Å². The van der Waals surface area contributed by atoms with Crippen LogP contribution in [0.5, 0.6) is 0 Å². The Hall–Kier alpha value is -3.90. The van der Waals surface area contributed by atoms with Crippen LogP contribution in [0.1, 0.15) is 29.2 Å². The number of hydrogen-bond acceptors (Lipinski definition) is 0. The van der Waals surface area contributed by atoms with Crippen molar-refractivity contribution < 1.29 is 0 Å². The summed E-state index contributed by atoms with van der Waals surface area (Å²) < 4.78 is 0. The zero-order chi connectivity index (χ0) is 22.5. The first-order valence-electron chi connectivity index (χ1n) is 11.6. The van der Waals surface area contributed by atoms with Crippen LogP contribution in [-0.2, 0) is 0 Å². The molecule has 33 heavy (non-hydrogen) atoms. The minimum atomic E-state index is 1.24. The van der Waals surface area contributed by atoms with Gasteiger partial charge in [-0.15, -0.1) is 0 Å². The molecule has 0 atom stereocenters. The van der Waals surface area contributed by atoms with Crippen LogP contribution in [0.25, 0.3) is 54.7 Å². The molecule has 0 aromatic heterocycles. The van der Waals surface area contributed by atoms with Crippen LogP contribution in [0.3, 0.4) is 0 Å². The summed E-state index contributed by atoms with van der Waals surface area (Å²) in [6, 6.07) is 36.1. The summed E-state index contributed by atoms with van der Waals surface area (Å²) in [5, 5.41) is 10.4. The van der Waals surface area contributed by atoms with Crippen LogP contribution in [0.2, 0.25) is 0 Å². The van der Waals surface area contributed by atoms with E-state index in [1.807, 2.05) is 0 Å². The van der Waals surface area contributed by atoms with E-state index in [1.165, 1.54) is 70.9 Å². The lowest BCUT2D eigenvalue weighted by Gasteiger charge is -2.08. The van der Waals surface area contributed by atoms with Gasteiger partial charge in [0.15, 0.2) is 0 Å². The molecule has 0 saturated heterocycles. The van der Waals surface area contributed by atoms with Gasteiger partial charge in [0.2, 0.25) is 0 Å². The molecule has 0 aliphatic rings. The molecule has 0 heterocycles. The standard InChI is InChI=1S/C33H26/c1-21-4-7-26-17-28-9-6-24(15-32(28)19-30(26)12-21)14-23(3)25-10-11-29-18-27-8-5-22(2)13-31(27)20-33(29)16-25/h4-20H,1-3H3/b23-14-. The lowest BCUT2D eigenvalue weighted by molar-refractivity contribution is 1.51. The minimum absolute atomic E-state index is 1.24. The summed E-state index contributed by atoms with van der Waals surface area (Å²) in [6.45, 7) is 6.51. The number of benzene rings is 6. The van der Waals surface area contributed by atoms with Crippen molar-refractivity contribution in [1.29, 1.82) is 0 Å². The third-order valence-electron chi connectivity index (χ3n) is 6.76. The monoisotopic (exact) mass is 422 g/mol. The highest BCUT2D eigenvalue weighted by atomic mass is 14.1. The molecule has 0 radical (unpaired) electrons. The Morgan fingerprint density at radius 3 is 1.52 bits per heavy atom. The Kier molecular flexibility index (Phi) is 4.55. The first kappa shape index (κ1) is 19.8. The van der Waals surface area contributed by atoms with Crippen molar-refractivity contribution >= 4 is 54.7 Å². The molecule has 158 valence electrons. The van der Waals surface area contributed by atoms with Crippen molar-refractivity contribution in [2.75, 3.05) is 0 Å². The molecular weight excluding hydrogens is 396 g/mol. The van der Waals surface area contributed by atoms with Crippen molar-refractivity contribution in [2.24, 2.45) is 0 Å². The third-order valence-corrected chi connectivity index (χ3v) is 6.76. The average Bonchev–Trinajstić information content (AvgIpc) is 2.81. The van der Waals surface area contributed by atoms with Crippen molar-refractivity contribution in [2.45, 2.75) is 20.8 Å². The molecule has 0 aliphatic heterocycles. The highest BCUT2D eigenvalue weighted by Gasteiger charge is 2.04. The second-order valence-electron chi connectivity index (χ2n) is 9.40. The maximum Gasteiger partial charge on any atom is -0.0172 e. The molecule has 0 spiro atoms. The predicted molar refractivity (Wildman–Crippen MR) is 146 cm³/mol. The molecule has 0 unspecified atom stereocenters. The van der Waals surface area contributed by atoms with Gasteiger partial charge in [-0.25, -0.2) is 0 Å². The van der Waals surface area contributed by atoms with E-state index in [4.69, 9.17) is 0 Å². The second kappa shape index (κ2) is 7.60. The van der Waals surface area contributed by atoms with Crippen LogP contribution < -0.4 is 0 Å². The van der Waals surface area contributed by atoms with Gasteiger partial charge in [0.25, 0.3) is 0 Å². The van der Waals surface area contributed by atoms with Gasteiger partial charge in [0, 0.05) is 0 Å². The quantitative estimate of drug-likeness (QED) is 0.192. The van der Waals surface area contributed by atoms with Gasteiger partial charge in [-0.05, 0) is 117 Å². The van der Waals surface area contributed by atoms with E-state index in [-0.39, 0.29) is 0 Å². The fraction of sp³-hybridized carbons (Fsp3) is 0.0909. The molecular formula is C33H26. The highest BCUT2D eigenvalue weighted by molar-refractivity contribution is 6.01. The van der Waals surface area contributed by atoms with Crippen molar-refractivity contribution in [3.8, 4) is 0 Å². The van der Waals surface area contributed by atoms with Crippen LogP contribution >= 0.6 is 0 Å². The molecule has 6 aromatic carbocycles. The molecule has 0 bridgehead atoms. The summed E-state index contributed by atoms with van der Waals surface area (Å²) in [5.74, 6) is 0. The predicted octanol–water partition coefficient (Wildman–Crippen LogP) is 9.48. The van der Waals surface area contributed by atoms with Gasteiger partial charge in [0.05, 0.1) is 0 Å². The van der Waals surface area contributed by atoms with E-state index in [9.17, 15) is 0 Å². The Morgan fingerprint density at radius 2 is 0.909 bits per heavy atom. The molecule has 0 fully saturated rings. The first-order valence-corrected chi connectivity index (χ1v) is 11.6. The van der Waals surface area contributed by atoms with E-state index < -0.39 is 0 Å². The Morgan fingerprint density at radius 1 is 0.455 bits per heavy atom. The molecule has 0 heteroatoms. The summed E-state index contributed by atoms with van der Waals surface area (Å²) in [4.78, 5) is 0. The van der Waals surface area contributed by atoms with E-state index in [0.717, 1.165) is 0 Å². The zero-order valence-corrected chi connectivity index (χ0v) is 19.3. The van der Waals surface area contributed by atoms with Gasteiger partial charge < -0.3 is 0 Å². The third kappa shape index (κ3) is 3.68.